The Morgan fingerprint density at radius 3 is 2.41 bits per heavy atom. The van der Waals surface area contributed by atoms with E-state index >= 15 is 0 Å². The monoisotopic (exact) mass is 468 g/mol. The number of nitro benzene ring substituents is 1. The minimum atomic E-state index is -0.628. The molecule has 1 aromatic heterocycles. The van der Waals surface area contributed by atoms with E-state index in [1.807, 2.05) is 6.07 Å². The summed E-state index contributed by atoms with van der Waals surface area (Å²) in [6.45, 7) is 1.91. The predicted molar refractivity (Wildman–Crippen MR) is 125 cm³/mol. The van der Waals surface area contributed by atoms with Crippen molar-refractivity contribution in [3.8, 4) is 17.2 Å². The van der Waals surface area contributed by atoms with E-state index in [4.69, 9.17) is 18.6 Å². The largest absolute Gasteiger partial charge is 0.496 e. The lowest BCUT2D eigenvalue weighted by atomic mass is 10.1. The Hall–Kier alpha value is -4.28. The molecule has 0 bridgehead atoms. The molecule has 178 valence electrons. The van der Waals surface area contributed by atoms with Crippen LogP contribution in [0.25, 0.3) is 11.0 Å². The van der Waals surface area contributed by atoms with Gasteiger partial charge in [0, 0.05) is 36.2 Å². The minimum absolute atomic E-state index is 0.0696. The zero-order valence-electron chi connectivity index (χ0n) is 19.0. The summed E-state index contributed by atoms with van der Waals surface area (Å²) in [6, 6.07) is 7.63. The van der Waals surface area contributed by atoms with E-state index in [1.54, 1.807) is 20.3 Å². The molecule has 0 saturated carbocycles. The van der Waals surface area contributed by atoms with Crippen LogP contribution in [0.3, 0.4) is 0 Å². The number of non-ortho nitro benzene ring substituents is 1. The van der Waals surface area contributed by atoms with E-state index in [0.717, 1.165) is 31.6 Å². The number of methoxy groups -OCH3 is 3. The number of nitrogens with one attached hydrogen (secondary N) is 1. The Kier molecular flexibility index (Phi) is 6.53. The number of rotatable bonds is 8. The van der Waals surface area contributed by atoms with Crippen molar-refractivity contribution < 1.29 is 28.3 Å². The average molecular weight is 468 g/mol. The number of hydrogen-bond donors (Lipinski definition) is 1. The van der Waals surface area contributed by atoms with Gasteiger partial charge in [0.1, 0.15) is 11.5 Å². The van der Waals surface area contributed by atoms with Gasteiger partial charge in [0.15, 0.2) is 17.1 Å². The van der Waals surface area contributed by atoms with Gasteiger partial charge in [-0.2, -0.15) is 5.10 Å². The van der Waals surface area contributed by atoms with Crippen molar-refractivity contribution in [1.82, 2.24) is 5.43 Å². The fraction of sp³-hybridized carbons (Fsp3) is 0.304. The van der Waals surface area contributed by atoms with Crippen LogP contribution in [-0.2, 0) is 0 Å². The molecule has 4 rings (SSSR count). The molecule has 1 N–H and O–H groups in total. The van der Waals surface area contributed by atoms with Crippen LogP contribution in [0.15, 0.2) is 39.9 Å². The van der Waals surface area contributed by atoms with E-state index in [1.165, 1.54) is 31.5 Å². The summed E-state index contributed by atoms with van der Waals surface area (Å²) >= 11 is 0. The Labute approximate surface area is 195 Å². The molecule has 1 aliphatic heterocycles. The number of carbonyl (C=O) groups is 1. The van der Waals surface area contributed by atoms with Gasteiger partial charge in [0.05, 0.1) is 44.2 Å². The molecule has 1 fully saturated rings. The van der Waals surface area contributed by atoms with Gasteiger partial charge in [-0.15, -0.1) is 0 Å². The summed E-state index contributed by atoms with van der Waals surface area (Å²) in [5, 5.41) is 15.5. The lowest BCUT2D eigenvalue weighted by molar-refractivity contribution is -0.384. The van der Waals surface area contributed by atoms with E-state index in [2.05, 4.69) is 15.4 Å². The lowest BCUT2D eigenvalue weighted by Gasteiger charge is -2.22. The predicted octanol–water partition coefficient (Wildman–Crippen LogP) is 3.73. The van der Waals surface area contributed by atoms with Crippen molar-refractivity contribution in [2.75, 3.05) is 39.3 Å². The number of carbonyl (C=O) groups excluding carboxylic acids is 1. The summed E-state index contributed by atoms with van der Waals surface area (Å²) in [5.74, 6) is 0.723. The average Bonchev–Trinajstić information content (AvgIpc) is 3.53. The van der Waals surface area contributed by atoms with Crippen LogP contribution < -0.4 is 24.5 Å². The van der Waals surface area contributed by atoms with Crippen LogP contribution in [0.2, 0.25) is 0 Å². The summed E-state index contributed by atoms with van der Waals surface area (Å²) in [6.07, 6.45) is 3.70. The second-order valence-corrected chi connectivity index (χ2v) is 7.59. The number of ether oxygens (including phenoxy) is 3. The minimum Gasteiger partial charge on any atom is -0.496 e. The SMILES string of the molecule is COc1cc(N2CCCC2)c(OC)cc1/C=N\NC(=O)c1cc2cc([N+](=O)[O-])cc(OC)c2o1. The molecule has 11 nitrogen and oxygen atoms in total. The molecule has 34 heavy (non-hydrogen) atoms. The quantitative estimate of drug-likeness (QED) is 0.301. The Bertz CT molecular complexity index is 1260. The summed E-state index contributed by atoms with van der Waals surface area (Å²) < 4.78 is 21.8. The highest BCUT2D eigenvalue weighted by Crippen LogP contribution is 2.37. The standard InChI is InChI=1S/C23H24N4O7/c1-31-18-12-17(26-6-4-5-7-26)19(32-2)10-15(18)13-24-25-23(28)21-9-14-8-16(27(29)30)11-20(33-3)22(14)34-21/h8-13H,4-7H2,1-3H3,(H,25,28)/b24-13-. The van der Waals surface area contributed by atoms with Crippen molar-refractivity contribution >= 4 is 34.5 Å². The molecule has 0 atom stereocenters. The van der Waals surface area contributed by atoms with Crippen molar-refractivity contribution in [3.63, 3.8) is 0 Å². The Balaban J connectivity index is 1.55. The third-order valence-corrected chi connectivity index (χ3v) is 5.57. The van der Waals surface area contributed by atoms with Crippen molar-refractivity contribution in [2.24, 2.45) is 5.10 Å². The second-order valence-electron chi connectivity index (χ2n) is 7.59. The number of nitrogens with zero attached hydrogens (tertiary/aromatic N) is 3. The number of hydrazone groups is 1. The molecular weight excluding hydrogens is 444 g/mol. The molecule has 0 unspecified atom stereocenters. The molecule has 0 spiro atoms. The first-order valence-electron chi connectivity index (χ1n) is 10.6. The number of nitro groups is 1. The van der Waals surface area contributed by atoms with Crippen molar-refractivity contribution in [3.05, 3.63) is 51.8 Å². The van der Waals surface area contributed by atoms with Gasteiger partial charge in [-0.25, -0.2) is 5.43 Å². The van der Waals surface area contributed by atoms with Gasteiger partial charge in [-0.1, -0.05) is 0 Å². The fourth-order valence-corrected chi connectivity index (χ4v) is 3.90. The summed E-state index contributed by atoms with van der Waals surface area (Å²) in [4.78, 5) is 25.4. The number of anilines is 1. The first-order valence-corrected chi connectivity index (χ1v) is 10.6. The third-order valence-electron chi connectivity index (χ3n) is 5.57. The third kappa shape index (κ3) is 4.45. The van der Waals surface area contributed by atoms with E-state index in [-0.39, 0.29) is 22.8 Å². The van der Waals surface area contributed by atoms with Crippen LogP contribution in [-0.4, -0.2) is 51.5 Å². The number of hydrogen-bond acceptors (Lipinski definition) is 9. The van der Waals surface area contributed by atoms with Crippen LogP contribution in [0, 0.1) is 10.1 Å². The highest BCUT2D eigenvalue weighted by Gasteiger charge is 2.21. The normalized spacial score (nSPS) is 13.4. The molecule has 2 aromatic carbocycles. The van der Waals surface area contributed by atoms with E-state index in [9.17, 15) is 14.9 Å². The topological polar surface area (TPSA) is 129 Å². The van der Waals surface area contributed by atoms with Gasteiger partial charge in [0.25, 0.3) is 5.69 Å². The zero-order chi connectivity index (χ0) is 24.2. The first-order chi connectivity index (χ1) is 16.4. The zero-order valence-corrected chi connectivity index (χ0v) is 19.0. The molecule has 1 saturated heterocycles. The second kappa shape index (κ2) is 9.69. The maximum atomic E-state index is 12.6. The Morgan fingerprint density at radius 1 is 1.06 bits per heavy atom. The smallest absolute Gasteiger partial charge is 0.307 e. The van der Waals surface area contributed by atoms with E-state index < -0.39 is 10.8 Å². The number of furan rings is 1. The molecule has 1 aliphatic rings. The van der Waals surface area contributed by atoms with Gasteiger partial charge in [-0.05, 0) is 25.0 Å². The van der Waals surface area contributed by atoms with Crippen LogP contribution in [0.1, 0.15) is 29.0 Å². The van der Waals surface area contributed by atoms with Gasteiger partial charge in [0.2, 0.25) is 0 Å². The Morgan fingerprint density at radius 2 is 1.76 bits per heavy atom. The fourth-order valence-electron chi connectivity index (χ4n) is 3.90. The maximum absolute atomic E-state index is 12.6. The molecule has 3 aromatic rings. The number of amides is 1. The molecule has 1 amide bonds. The summed E-state index contributed by atoms with van der Waals surface area (Å²) in [5.41, 5.74) is 4.02. The first kappa shape index (κ1) is 22.9. The van der Waals surface area contributed by atoms with Gasteiger partial charge < -0.3 is 23.5 Å². The van der Waals surface area contributed by atoms with E-state index in [0.29, 0.717) is 22.4 Å². The van der Waals surface area contributed by atoms with Crippen LogP contribution >= 0.6 is 0 Å². The number of benzene rings is 2. The van der Waals surface area contributed by atoms with Gasteiger partial charge in [-0.3, -0.25) is 14.9 Å². The number of fused-ring (bicyclic) bond motifs is 1. The van der Waals surface area contributed by atoms with Gasteiger partial charge >= 0.3 is 5.91 Å². The molecule has 0 radical (unpaired) electrons. The maximum Gasteiger partial charge on any atom is 0.307 e. The van der Waals surface area contributed by atoms with Crippen molar-refractivity contribution in [1.29, 1.82) is 0 Å². The highest BCUT2D eigenvalue weighted by atomic mass is 16.6. The lowest BCUT2D eigenvalue weighted by Crippen LogP contribution is -2.19. The molecule has 0 aliphatic carbocycles. The van der Waals surface area contributed by atoms with Crippen LogP contribution in [0.5, 0.6) is 17.2 Å². The summed E-state index contributed by atoms with van der Waals surface area (Å²) in [7, 11) is 4.53. The van der Waals surface area contributed by atoms with Crippen molar-refractivity contribution in [2.45, 2.75) is 12.8 Å². The molecular formula is C23H24N4O7. The van der Waals surface area contributed by atoms with Crippen LogP contribution in [0.4, 0.5) is 11.4 Å². The molecule has 2 heterocycles. The molecule has 11 heteroatoms. The highest BCUT2D eigenvalue weighted by molar-refractivity contribution is 5.98.